The minimum absolute atomic E-state index is 0.0657. The summed E-state index contributed by atoms with van der Waals surface area (Å²) in [6.07, 6.45) is 5.01. The maximum absolute atomic E-state index is 12.2. The molecule has 0 saturated heterocycles. The molecule has 164 valence electrons. The lowest BCUT2D eigenvalue weighted by atomic mass is 10.2. The second-order valence-corrected chi connectivity index (χ2v) is 9.50. The lowest BCUT2D eigenvalue weighted by molar-refractivity contribution is -0.385. The molecule has 1 amide bonds. The second kappa shape index (κ2) is 10.1. The van der Waals surface area contributed by atoms with E-state index in [0.29, 0.717) is 0 Å². The third kappa shape index (κ3) is 6.59. The number of non-ortho nitro benzene ring substituents is 1. The normalized spacial score (nSPS) is 11.5. The lowest BCUT2D eigenvalue weighted by Gasteiger charge is -2.09. The van der Waals surface area contributed by atoms with Gasteiger partial charge in [0.05, 0.1) is 21.3 Å². The standard InChI is InChI=1S/C18H18N4O7S2/c1-2-10-20-30(26,27)16-8-6-14(7-9-16)18(23)19-11-12-21-31(28,29)17-5-3-4-15(13-17)22(24)25/h1,3-9,13,20-21H,10-12H2,(H,19,23). The van der Waals surface area contributed by atoms with Gasteiger partial charge in [0.2, 0.25) is 20.0 Å². The fourth-order valence-corrected chi connectivity index (χ4v) is 4.32. The monoisotopic (exact) mass is 466 g/mol. The Morgan fingerprint density at radius 3 is 2.23 bits per heavy atom. The van der Waals surface area contributed by atoms with Gasteiger partial charge >= 0.3 is 0 Å². The fourth-order valence-electron chi connectivity index (χ4n) is 2.32. The molecule has 2 aromatic carbocycles. The van der Waals surface area contributed by atoms with E-state index in [1.807, 2.05) is 0 Å². The molecule has 0 aliphatic heterocycles. The number of sulfonamides is 2. The fraction of sp³-hybridized carbons (Fsp3) is 0.167. The second-order valence-electron chi connectivity index (χ2n) is 5.96. The summed E-state index contributed by atoms with van der Waals surface area (Å²) in [7, 11) is -7.78. The number of nitrogens with zero attached hydrogens (tertiary/aromatic N) is 1. The number of nitrogens with one attached hydrogen (secondary N) is 3. The molecule has 0 bridgehead atoms. The van der Waals surface area contributed by atoms with E-state index in [1.54, 1.807) is 0 Å². The van der Waals surface area contributed by atoms with Crippen molar-refractivity contribution in [1.82, 2.24) is 14.8 Å². The predicted molar refractivity (Wildman–Crippen MR) is 111 cm³/mol. The minimum Gasteiger partial charge on any atom is -0.351 e. The van der Waals surface area contributed by atoms with E-state index >= 15 is 0 Å². The van der Waals surface area contributed by atoms with Gasteiger partial charge in [-0.1, -0.05) is 12.0 Å². The van der Waals surface area contributed by atoms with Crippen molar-refractivity contribution in [2.75, 3.05) is 19.6 Å². The van der Waals surface area contributed by atoms with Crippen molar-refractivity contribution in [1.29, 1.82) is 0 Å². The molecule has 2 rings (SSSR count). The van der Waals surface area contributed by atoms with Gasteiger partial charge in [-0.15, -0.1) is 6.42 Å². The zero-order valence-electron chi connectivity index (χ0n) is 15.9. The highest BCUT2D eigenvalue weighted by molar-refractivity contribution is 7.89. The summed E-state index contributed by atoms with van der Waals surface area (Å²) >= 11 is 0. The molecule has 0 unspecified atom stereocenters. The summed E-state index contributed by atoms with van der Waals surface area (Å²) in [5.41, 5.74) is -0.200. The maximum Gasteiger partial charge on any atom is 0.270 e. The number of carbonyl (C=O) groups excluding carboxylic acids is 1. The van der Waals surface area contributed by atoms with Crippen LogP contribution in [0.2, 0.25) is 0 Å². The Morgan fingerprint density at radius 2 is 1.61 bits per heavy atom. The molecule has 0 radical (unpaired) electrons. The third-order valence-corrected chi connectivity index (χ3v) is 6.71. The number of nitro benzene ring substituents is 1. The smallest absolute Gasteiger partial charge is 0.270 e. The van der Waals surface area contributed by atoms with Crippen LogP contribution in [0.5, 0.6) is 0 Å². The van der Waals surface area contributed by atoms with E-state index in [0.717, 1.165) is 6.07 Å². The molecular formula is C18H18N4O7S2. The molecule has 31 heavy (non-hydrogen) atoms. The van der Waals surface area contributed by atoms with Crippen LogP contribution < -0.4 is 14.8 Å². The van der Waals surface area contributed by atoms with Crippen LogP contribution in [0, 0.1) is 22.5 Å². The van der Waals surface area contributed by atoms with Crippen LogP contribution in [0.4, 0.5) is 5.69 Å². The number of benzene rings is 2. The van der Waals surface area contributed by atoms with Crippen LogP contribution in [0.25, 0.3) is 0 Å². The Bertz CT molecular complexity index is 1220. The van der Waals surface area contributed by atoms with Gasteiger partial charge in [0, 0.05) is 30.8 Å². The Balaban J connectivity index is 1.91. The van der Waals surface area contributed by atoms with Gasteiger partial charge in [-0.3, -0.25) is 14.9 Å². The number of terminal acetylenes is 1. The molecule has 13 heteroatoms. The first kappa shape index (κ1) is 24.0. The number of nitro groups is 1. The van der Waals surface area contributed by atoms with Gasteiger partial charge in [-0.25, -0.2) is 21.6 Å². The van der Waals surface area contributed by atoms with Gasteiger partial charge in [0.25, 0.3) is 11.6 Å². The summed E-state index contributed by atoms with van der Waals surface area (Å²) in [4.78, 5) is 21.9. The van der Waals surface area contributed by atoms with Crippen LogP contribution in [0.1, 0.15) is 10.4 Å². The molecule has 0 saturated carbocycles. The van der Waals surface area contributed by atoms with Crippen LogP contribution >= 0.6 is 0 Å². The van der Waals surface area contributed by atoms with Crippen molar-refractivity contribution in [2.24, 2.45) is 0 Å². The summed E-state index contributed by atoms with van der Waals surface area (Å²) < 4.78 is 52.7. The molecule has 0 heterocycles. The Kier molecular flexibility index (Phi) is 7.83. The van der Waals surface area contributed by atoms with E-state index in [-0.39, 0.29) is 40.7 Å². The number of carbonyl (C=O) groups is 1. The van der Waals surface area contributed by atoms with Gasteiger partial charge < -0.3 is 5.32 Å². The first-order valence-electron chi connectivity index (χ1n) is 8.62. The average Bonchev–Trinajstić information content (AvgIpc) is 2.75. The number of hydrogen-bond acceptors (Lipinski definition) is 7. The maximum atomic E-state index is 12.2. The molecule has 0 spiro atoms. The van der Waals surface area contributed by atoms with E-state index in [2.05, 4.69) is 20.7 Å². The van der Waals surface area contributed by atoms with Crippen molar-refractivity contribution in [3.05, 3.63) is 64.2 Å². The molecule has 2 aromatic rings. The summed E-state index contributed by atoms with van der Waals surface area (Å²) in [6, 6.07) is 9.62. The zero-order chi connectivity index (χ0) is 23.1. The van der Waals surface area contributed by atoms with Gasteiger partial charge in [-0.05, 0) is 30.3 Å². The van der Waals surface area contributed by atoms with Crippen LogP contribution in [-0.4, -0.2) is 47.3 Å². The highest BCUT2D eigenvalue weighted by Gasteiger charge is 2.17. The Hall–Kier alpha value is -3.31. The molecular weight excluding hydrogens is 448 g/mol. The SMILES string of the molecule is C#CCNS(=O)(=O)c1ccc(C(=O)NCCNS(=O)(=O)c2cccc([N+](=O)[O-])c2)cc1. The predicted octanol–water partition coefficient (Wildman–Crippen LogP) is 0.215. The minimum atomic E-state index is -4.00. The van der Waals surface area contributed by atoms with E-state index in [1.165, 1.54) is 42.5 Å². The first-order valence-corrected chi connectivity index (χ1v) is 11.6. The van der Waals surface area contributed by atoms with Gasteiger partial charge in [0.15, 0.2) is 0 Å². The number of amides is 1. The van der Waals surface area contributed by atoms with Crippen molar-refractivity contribution in [3.63, 3.8) is 0 Å². The molecule has 0 aliphatic rings. The highest BCUT2D eigenvalue weighted by Crippen LogP contribution is 2.17. The lowest BCUT2D eigenvalue weighted by Crippen LogP contribution is -2.34. The number of rotatable bonds is 10. The number of hydrogen-bond donors (Lipinski definition) is 3. The van der Waals surface area contributed by atoms with Gasteiger partial charge in [0.1, 0.15) is 0 Å². The molecule has 3 N–H and O–H groups in total. The van der Waals surface area contributed by atoms with E-state index in [4.69, 9.17) is 6.42 Å². The molecule has 11 nitrogen and oxygen atoms in total. The molecule has 0 atom stereocenters. The van der Waals surface area contributed by atoms with Crippen molar-refractivity contribution >= 4 is 31.6 Å². The Labute approximate surface area is 179 Å². The molecule has 0 aromatic heterocycles. The van der Waals surface area contributed by atoms with Crippen molar-refractivity contribution < 1.29 is 26.6 Å². The molecule has 0 aliphatic carbocycles. The van der Waals surface area contributed by atoms with Crippen LogP contribution in [-0.2, 0) is 20.0 Å². The summed E-state index contributed by atoms with van der Waals surface area (Å²) in [5, 5.41) is 13.3. The summed E-state index contributed by atoms with van der Waals surface area (Å²) in [6.45, 7) is -0.410. The first-order chi connectivity index (χ1) is 14.6. The van der Waals surface area contributed by atoms with E-state index < -0.39 is 30.9 Å². The van der Waals surface area contributed by atoms with Crippen molar-refractivity contribution in [2.45, 2.75) is 9.79 Å². The van der Waals surface area contributed by atoms with Crippen LogP contribution in [0.15, 0.2) is 58.3 Å². The molecule has 0 fully saturated rings. The van der Waals surface area contributed by atoms with E-state index in [9.17, 15) is 31.7 Å². The van der Waals surface area contributed by atoms with Crippen molar-refractivity contribution in [3.8, 4) is 12.3 Å². The largest absolute Gasteiger partial charge is 0.351 e. The highest BCUT2D eigenvalue weighted by atomic mass is 32.2. The zero-order valence-corrected chi connectivity index (χ0v) is 17.6. The average molecular weight is 466 g/mol. The van der Waals surface area contributed by atoms with Gasteiger partial charge in [-0.2, -0.15) is 4.72 Å². The summed E-state index contributed by atoms with van der Waals surface area (Å²) in [5.74, 6) is 1.60. The quantitative estimate of drug-likeness (QED) is 0.195. The van der Waals surface area contributed by atoms with Crippen LogP contribution in [0.3, 0.4) is 0 Å². The third-order valence-electron chi connectivity index (χ3n) is 3.83. The Morgan fingerprint density at radius 1 is 0.968 bits per heavy atom. The topological polar surface area (TPSA) is 165 Å².